The summed E-state index contributed by atoms with van der Waals surface area (Å²) >= 11 is 0. The third-order valence-corrected chi connectivity index (χ3v) is 3.90. The number of carboxylic acid groups (broad SMARTS) is 1. The Kier molecular flexibility index (Phi) is 4.83. The van der Waals surface area contributed by atoms with E-state index in [-0.39, 0.29) is 18.5 Å². The van der Waals surface area contributed by atoms with Gasteiger partial charge in [-0.05, 0) is 51.0 Å². The molecule has 21 heavy (non-hydrogen) atoms. The molecule has 5 heteroatoms. The SMILES string of the molecule is CCOc1ccc(C(=O)N2CC(C(=O)O)CCC2C)cc1. The average molecular weight is 291 g/mol. The van der Waals surface area contributed by atoms with Gasteiger partial charge in [0.25, 0.3) is 5.91 Å². The number of ether oxygens (including phenoxy) is 1. The zero-order chi connectivity index (χ0) is 15.4. The van der Waals surface area contributed by atoms with Crippen LogP contribution in [-0.2, 0) is 4.79 Å². The van der Waals surface area contributed by atoms with Gasteiger partial charge in [-0.1, -0.05) is 0 Å². The summed E-state index contributed by atoms with van der Waals surface area (Å²) in [5.41, 5.74) is 0.566. The van der Waals surface area contributed by atoms with Crippen molar-refractivity contribution in [1.29, 1.82) is 0 Å². The van der Waals surface area contributed by atoms with Crippen LogP contribution >= 0.6 is 0 Å². The number of piperidine rings is 1. The molecule has 2 unspecified atom stereocenters. The zero-order valence-electron chi connectivity index (χ0n) is 12.4. The quantitative estimate of drug-likeness (QED) is 0.925. The van der Waals surface area contributed by atoms with Crippen LogP contribution in [0.15, 0.2) is 24.3 Å². The lowest BCUT2D eigenvalue weighted by molar-refractivity contribution is -0.143. The predicted octanol–water partition coefficient (Wildman–Crippen LogP) is 2.41. The summed E-state index contributed by atoms with van der Waals surface area (Å²) < 4.78 is 5.35. The smallest absolute Gasteiger partial charge is 0.308 e. The Bertz CT molecular complexity index is 512. The van der Waals surface area contributed by atoms with E-state index >= 15 is 0 Å². The fourth-order valence-corrected chi connectivity index (χ4v) is 2.62. The molecule has 1 N–H and O–H groups in total. The van der Waals surface area contributed by atoms with E-state index in [4.69, 9.17) is 9.84 Å². The fourth-order valence-electron chi connectivity index (χ4n) is 2.62. The van der Waals surface area contributed by atoms with Gasteiger partial charge in [0.1, 0.15) is 5.75 Å². The van der Waals surface area contributed by atoms with Crippen molar-refractivity contribution in [3.05, 3.63) is 29.8 Å². The summed E-state index contributed by atoms with van der Waals surface area (Å²) in [6, 6.07) is 7.05. The van der Waals surface area contributed by atoms with Gasteiger partial charge in [0.05, 0.1) is 12.5 Å². The summed E-state index contributed by atoms with van der Waals surface area (Å²) in [6.45, 7) is 4.73. The maximum atomic E-state index is 12.5. The Balaban J connectivity index is 2.11. The van der Waals surface area contributed by atoms with Crippen molar-refractivity contribution in [2.45, 2.75) is 32.7 Å². The molecule has 0 spiro atoms. The van der Waals surface area contributed by atoms with Gasteiger partial charge in [-0.15, -0.1) is 0 Å². The van der Waals surface area contributed by atoms with Gasteiger partial charge < -0.3 is 14.7 Å². The standard InChI is InChI=1S/C16H21NO4/c1-3-21-14-8-6-12(7-9-14)15(18)17-10-13(16(19)20)5-4-11(17)2/h6-9,11,13H,3-5,10H2,1-2H3,(H,19,20). The lowest BCUT2D eigenvalue weighted by Crippen LogP contribution is -2.47. The molecule has 5 nitrogen and oxygen atoms in total. The van der Waals surface area contributed by atoms with E-state index in [2.05, 4.69) is 0 Å². The Morgan fingerprint density at radius 1 is 1.29 bits per heavy atom. The molecule has 1 aromatic rings. The first-order chi connectivity index (χ1) is 10.0. The molecule has 1 saturated heterocycles. The van der Waals surface area contributed by atoms with Gasteiger partial charge in [0.15, 0.2) is 0 Å². The van der Waals surface area contributed by atoms with Gasteiger partial charge in [0.2, 0.25) is 0 Å². The van der Waals surface area contributed by atoms with Crippen LogP contribution in [0, 0.1) is 5.92 Å². The van der Waals surface area contributed by atoms with Crippen molar-refractivity contribution in [2.75, 3.05) is 13.2 Å². The lowest BCUT2D eigenvalue weighted by atomic mass is 9.93. The van der Waals surface area contributed by atoms with Crippen molar-refractivity contribution in [2.24, 2.45) is 5.92 Å². The van der Waals surface area contributed by atoms with Crippen LogP contribution in [0.5, 0.6) is 5.75 Å². The molecule has 2 atom stereocenters. The normalized spacial score (nSPS) is 21.9. The number of likely N-dealkylation sites (tertiary alicyclic amines) is 1. The number of hydrogen-bond donors (Lipinski definition) is 1. The third kappa shape index (κ3) is 3.54. The number of carbonyl (C=O) groups is 2. The molecule has 1 aliphatic rings. The molecule has 1 aliphatic heterocycles. The summed E-state index contributed by atoms with van der Waals surface area (Å²) in [5.74, 6) is -0.681. The maximum absolute atomic E-state index is 12.5. The predicted molar refractivity (Wildman–Crippen MR) is 78.5 cm³/mol. The second-order valence-corrected chi connectivity index (χ2v) is 5.38. The van der Waals surface area contributed by atoms with Gasteiger partial charge in [-0.25, -0.2) is 0 Å². The first-order valence-electron chi connectivity index (χ1n) is 7.29. The number of nitrogens with zero attached hydrogens (tertiary/aromatic N) is 1. The van der Waals surface area contributed by atoms with Crippen LogP contribution in [0.4, 0.5) is 0 Å². The Morgan fingerprint density at radius 2 is 1.95 bits per heavy atom. The van der Waals surface area contributed by atoms with E-state index < -0.39 is 11.9 Å². The van der Waals surface area contributed by atoms with Crippen molar-refractivity contribution in [3.63, 3.8) is 0 Å². The van der Waals surface area contributed by atoms with Crippen LogP contribution in [0.3, 0.4) is 0 Å². The maximum Gasteiger partial charge on any atom is 0.308 e. The molecule has 114 valence electrons. The summed E-state index contributed by atoms with van der Waals surface area (Å²) in [4.78, 5) is 25.3. The first kappa shape index (κ1) is 15.4. The summed E-state index contributed by atoms with van der Waals surface area (Å²) in [6.07, 6.45) is 1.35. The number of hydrogen-bond acceptors (Lipinski definition) is 3. The minimum atomic E-state index is -0.827. The minimum Gasteiger partial charge on any atom is -0.494 e. The topological polar surface area (TPSA) is 66.8 Å². The number of carbonyl (C=O) groups excluding carboxylic acids is 1. The first-order valence-corrected chi connectivity index (χ1v) is 7.29. The largest absolute Gasteiger partial charge is 0.494 e. The van der Waals surface area contributed by atoms with Gasteiger partial charge >= 0.3 is 5.97 Å². The second-order valence-electron chi connectivity index (χ2n) is 5.38. The molecule has 0 aromatic heterocycles. The van der Waals surface area contributed by atoms with E-state index in [1.165, 1.54) is 0 Å². The molecule has 0 aliphatic carbocycles. The van der Waals surface area contributed by atoms with E-state index in [1.54, 1.807) is 29.2 Å². The molecule has 0 radical (unpaired) electrons. The molecule has 1 heterocycles. The van der Waals surface area contributed by atoms with Crippen molar-refractivity contribution in [1.82, 2.24) is 4.90 Å². The number of carboxylic acids is 1. The van der Waals surface area contributed by atoms with Crippen LogP contribution in [0.1, 0.15) is 37.0 Å². The van der Waals surface area contributed by atoms with Crippen LogP contribution < -0.4 is 4.74 Å². The van der Waals surface area contributed by atoms with Crippen LogP contribution in [0.2, 0.25) is 0 Å². The average Bonchev–Trinajstić information content (AvgIpc) is 2.48. The Morgan fingerprint density at radius 3 is 2.52 bits per heavy atom. The monoisotopic (exact) mass is 291 g/mol. The Hall–Kier alpha value is -2.04. The summed E-state index contributed by atoms with van der Waals surface area (Å²) in [5, 5.41) is 9.14. The van der Waals surface area contributed by atoms with E-state index in [0.717, 1.165) is 12.2 Å². The molecular formula is C16H21NO4. The molecule has 1 fully saturated rings. The minimum absolute atomic E-state index is 0.0691. The van der Waals surface area contributed by atoms with E-state index in [9.17, 15) is 9.59 Å². The van der Waals surface area contributed by atoms with Crippen molar-refractivity contribution >= 4 is 11.9 Å². The van der Waals surface area contributed by atoms with Crippen molar-refractivity contribution in [3.8, 4) is 5.75 Å². The number of aliphatic carboxylic acids is 1. The number of rotatable bonds is 4. The van der Waals surface area contributed by atoms with Gasteiger partial charge in [0, 0.05) is 18.2 Å². The fraction of sp³-hybridized carbons (Fsp3) is 0.500. The molecule has 0 saturated carbocycles. The zero-order valence-corrected chi connectivity index (χ0v) is 12.4. The van der Waals surface area contributed by atoms with E-state index in [0.29, 0.717) is 18.6 Å². The number of amides is 1. The highest BCUT2D eigenvalue weighted by molar-refractivity contribution is 5.95. The highest BCUT2D eigenvalue weighted by Gasteiger charge is 2.32. The lowest BCUT2D eigenvalue weighted by Gasteiger charge is -2.36. The third-order valence-electron chi connectivity index (χ3n) is 3.90. The summed E-state index contributed by atoms with van der Waals surface area (Å²) in [7, 11) is 0. The molecule has 1 amide bonds. The van der Waals surface area contributed by atoms with E-state index in [1.807, 2.05) is 13.8 Å². The van der Waals surface area contributed by atoms with Crippen molar-refractivity contribution < 1.29 is 19.4 Å². The molecule has 1 aromatic carbocycles. The molecular weight excluding hydrogens is 270 g/mol. The van der Waals surface area contributed by atoms with Gasteiger partial charge in [-0.3, -0.25) is 9.59 Å². The Labute approximate surface area is 124 Å². The second kappa shape index (κ2) is 6.61. The van der Waals surface area contributed by atoms with Crippen LogP contribution in [-0.4, -0.2) is 41.1 Å². The number of benzene rings is 1. The highest BCUT2D eigenvalue weighted by Crippen LogP contribution is 2.24. The molecule has 2 rings (SSSR count). The van der Waals surface area contributed by atoms with Crippen LogP contribution in [0.25, 0.3) is 0 Å². The molecule has 0 bridgehead atoms. The highest BCUT2D eigenvalue weighted by atomic mass is 16.5. The van der Waals surface area contributed by atoms with Gasteiger partial charge in [-0.2, -0.15) is 0 Å².